The average molecular weight is 743 g/mol. The minimum atomic E-state index is 1.05. The Morgan fingerprint density at radius 1 is 0.241 bits per heavy atom. The van der Waals surface area contributed by atoms with Crippen LogP contribution in [-0.2, 0) is 0 Å². The largest absolute Gasteiger partial charge is 0.356 e. The number of anilines is 5. The molecule has 0 aliphatic heterocycles. The predicted molar refractivity (Wildman–Crippen MR) is 249 cm³/mol. The first-order valence-corrected chi connectivity index (χ1v) is 19.8. The molecule has 0 aliphatic carbocycles. The Balaban J connectivity index is 0.000000668. The first kappa shape index (κ1) is 36.0. The molecular formula is C56H42N2. The standard InChI is InChI=1S/C50H36N2.C6H6/c1-6-16-36(17-7-1)37-26-28-39(29-27-37)50-46-33-31-44(52(42-22-12-4-13-23-42)43-24-14-5-15-25-43)35-48(46)49(38-18-8-2-9-19-38)45-32-30-41(34-47(45)50)51-40-20-10-3-11-21-40;1-2-4-6-5-3-1/h1-35,51H;1-6H. The van der Waals surface area contributed by atoms with Crippen LogP contribution in [0.25, 0.3) is 54.9 Å². The minimum Gasteiger partial charge on any atom is -0.356 e. The summed E-state index contributed by atoms with van der Waals surface area (Å²) in [6.45, 7) is 0. The Bertz CT molecular complexity index is 2790. The van der Waals surface area contributed by atoms with Crippen molar-refractivity contribution in [2.45, 2.75) is 0 Å². The smallest absolute Gasteiger partial charge is 0.0468 e. The van der Waals surface area contributed by atoms with E-state index in [2.05, 4.69) is 216 Å². The molecule has 276 valence electrons. The third-order valence-corrected chi connectivity index (χ3v) is 10.5. The van der Waals surface area contributed by atoms with Crippen LogP contribution < -0.4 is 10.2 Å². The lowest BCUT2D eigenvalue weighted by Crippen LogP contribution is -2.09. The van der Waals surface area contributed by atoms with Gasteiger partial charge in [-0.3, -0.25) is 0 Å². The van der Waals surface area contributed by atoms with Crippen molar-refractivity contribution in [2.75, 3.05) is 10.2 Å². The van der Waals surface area contributed by atoms with Gasteiger partial charge in [0.25, 0.3) is 0 Å². The first-order valence-electron chi connectivity index (χ1n) is 19.8. The third-order valence-electron chi connectivity index (χ3n) is 10.5. The van der Waals surface area contributed by atoms with Gasteiger partial charge in [-0.2, -0.15) is 0 Å². The number of nitrogens with one attached hydrogen (secondary N) is 1. The van der Waals surface area contributed by atoms with E-state index in [0.29, 0.717) is 0 Å². The molecular weight excluding hydrogens is 701 g/mol. The van der Waals surface area contributed by atoms with Crippen molar-refractivity contribution < 1.29 is 0 Å². The van der Waals surface area contributed by atoms with Gasteiger partial charge in [-0.1, -0.05) is 188 Å². The second kappa shape index (κ2) is 17.0. The van der Waals surface area contributed by atoms with Crippen molar-refractivity contribution in [3.8, 4) is 33.4 Å². The summed E-state index contributed by atoms with van der Waals surface area (Å²) in [6.07, 6.45) is 0. The molecule has 0 aliphatic rings. The van der Waals surface area contributed by atoms with Gasteiger partial charge in [0, 0.05) is 28.4 Å². The van der Waals surface area contributed by atoms with E-state index in [1.54, 1.807) is 0 Å². The van der Waals surface area contributed by atoms with Gasteiger partial charge >= 0.3 is 0 Å². The molecule has 2 nitrogen and oxygen atoms in total. The van der Waals surface area contributed by atoms with Crippen molar-refractivity contribution in [1.82, 2.24) is 0 Å². The molecule has 0 aromatic heterocycles. The highest BCUT2D eigenvalue weighted by molar-refractivity contribution is 6.22. The lowest BCUT2D eigenvalue weighted by molar-refractivity contribution is 1.29. The fourth-order valence-corrected chi connectivity index (χ4v) is 7.79. The van der Waals surface area contributed by atoms with Gasteiger partial charge in [-0.25, -0.2) is 0 Å². The van der Waals surface area contributed by atoms with E-state index < -0.39 is 0 Å². The normalized spacial score (nSPS) is 10.8. The Kier molecular flexibility index (Phi) is 10.5. The highest BCUT2D eigenvalue weighted by Crippen LogP contribution is 2.47. The topological polar surface area (TPSA) is 15.3 Å². The van der Waals surface area contributed by atoms with E-state index >= 15 is 0 Å². The van der Waals surface area contributed by atoms with Gasteiger partial charge in [0.05, 0.1) is 0 Å². The number of nitrogens with zero attached hydrogens (tertiary/aromatic N) is 1. The van der Waals surface area contributed by atoms with Crippen LogP contribution in [0.1, 0.15) is 0 Å². The molecule has 2 heteroatoms. The average Bonchev–Trinajstić information content (AvgIpc) is 3.31. The van der Waals surface area contributed by atoms with E-state index in [-0.39, 0.29) is 0 Å². The van der Waals surface area contributed by atoms with Gasteiger partial charge in [-0.05, 0) is 116 Å². The van der Waals surface area contributed by atoms with E-state index in [4.69, 9.17) is 0 Å². The Morgan fingerprint density at radius 2 is 0.621 bits per heavy atom. The molecule has 58 heavy (non-hydrogen) atoms. The summed E-state index contributed by atoms with van der Waals surface area (Å²) in [5.74, 6) is 0. The molecule has 10 aromatic carbocycles. The van der Waals surface area contributed by atoms with Crippen LogP contribution in [0.2, 0.25) is 0 Å². The molecule has 0 heterocycles. The van der Waals surface area contributed by atoms with Crippen molar-refractivity contribution >= 4 is 50.0 Å². The summed E-state index contributed by atoms with van der Waals surface area (Å²) in [5.41, 5.74) is 12.7. The predicted octanol–water partition coefficient (Wildman–Crippen LogP) is 15.9. The number of benzene rings is 10. The molecule has 0 bridgehead atoms. The maximum atomic E-state index is 3.67. The summed E-state index contributed by atoms with van der Waals surface area (Å²) >= 11 is 0. The molecule has 0 unspecified atom stereocenters. The van der Waals surface area contributed by atoms with Crippen LogP contribution in [0.15, 0.2) is 249 Å². The summed E-state index contributed by atoms with van der Waals surface area (Å²) in [6, 6.07) is 88.0. The maximum absolute atomic E-state index is 3.67. The third kappa shape index (κ3) is 7.73. The molecule has 0 fully saturated rings. The number of hydrogen-bond donors (Lipinski definition) is 1. The summed E-state index contributed by atoms with van der Waals surface area (Å²) < 4.78 is 0. The van der Waals surface area contributed by atoms with E-state index in [0.717, 1.165) is 28.4 Å². The molecule has 0 spiro atoms. The van der Waals surface area contributed by atoms with Gasteiger partial charge in [-0.15, -0.1) is 0 Å². The van der Waals surface area contributed by atoms with Gasteiger partial charge in [0.1, 0.15) is 0 Å². The lowest BCUT2D eigenvalue weighted by atomic mass is 9.85. The summed E-state index contributed by atoms with van der Waals surface area (Å²) in [7, 11) is 0. The van der Waals surface area contributed by atoms with Crippen molar-refractivity contribution in [1.29, 1.82) is 0 Å². The van der Waals surface area contributed by atoms with Crippen LogP contribution in [0.5, 0.6) is 0 Å². The molecule has 0 radical (unpaired) electrons. The van der Waals surface area contributed by atoms with Gasteiger partial charge < -0.3 is 10.2 Å². The van der Waals surface area contributed by atoms with Crippen LogP contribution in [-0.4, -0.2) is 0 Å². The lowest BCUT2D eigenvalue weighted by Gasteiger charge is -2.27. The Labute approximate surface area is 341 Å². The SMILES string of the molecule is c1ccc(Nc2ccc3c(-c4ccccc4)c4cc(N(c5ccccc5)c5ccccc5)ccc4c(-c4ccc(-c5ccccc5)cc4)c3c2)cc1.c1ccccc1. The fourth-order valence-electron chi connectivity index (χ4n) is 7.79. The number of fused-ring (bicyclic) bond motifs is 2. The Hall–Kier alpha value is -7.68. The summed E-state index contributed by atoms with van der Waals surface area (Å²) in [5, 5.41) is 8.50. The fraction of sp³-hybridized carbons (Fsp3) is 0. The number of para-hydroxylation sites is 3. The molecule has 1 N–H and O–H groups in total. The zero-order valence-electron chi connectivity index (χ0n) is 32.1. The van der Waals surface area contributed by atoms with Crippen LogP contribution in [0.3, 0.4) is 0 Å². The van der Waals surface area contributed by atoms with Crippen LogP contribution in [0.4, 0.5) is 28.4 Å². The highest BCUT2D eigenvalue weighted by Gasteiger charge is 2.20. The first-order chi connectivity index (χ1) is 28.8. The highest BCUT2D eigenvalue weighted by atomic mass is 15.1. The minimum absolute atomic E-state index is 1.05. The second-order valence-corrected chi connectivity index (χ2v) is 14.2. The summed E-state index contributed by atoms with van der Waals surface area (Å²) in [4.78, 5) is 2.35. The van der Waals surface area contributed by atoms with Gasteiger partial charge in [0.15, 0.2) is 0 Å². The molecule has 0 atom stereocenters. The van der Waals surface area contributed by atoms with Crippen LogP contribution >= 0.6 is 0 Å². The molecule has 10 rings (SSSR count). The zero-order valence-corrected chi connectivity index (χ0v) is 32.1. The molecule has 0 saturated heterocycles. The van der Waals surface area contributed by atoms with E-state index in [1.165, 1.54) is 54.9 Å². The molecule has 10 aromatic rings. The maximum Gasteiger partial charge on any atom is 0.0468 e. The number of hydrogen-bond acceptors (Lipinski definition) is 2. The monoisotopic (exact) mass is 742 g/mol. The van der Waals surface area contributed by atoms with Crippen molar-refractivity contribution in [3.63, 3.8) is 0 Å². The zero-order chi connectivity index (χ0) is 38.9. The quantitative estimate of drug-likeness (QED) is 0.156. The Morgan fingerprint density at radius 3 is 1.16 bits per heavy atom. The van der Waals surface area contributed by atoms with Crippen LogP contribution in [0, 0.1) is 0 Å². The van der Waals surface area contributed by atoms with Crippen molar-refractivity contribution in [3.05, 3.63) is 249 Å². The second-order valence-electron chi connectivity index (χ2n) is 14.2. The van der Waals surface area contributed by atoms with E-state index in [9.17, 15) is 0 Å². The number of rotatable bonds is 8. The van der Waals surface area contributed by atoms with Gasteiger partial charge in [0.2, 0.25) is 0 Å². The molecule has 0 saturated carbocycles. The van der Waals surface area contributed by atoms with E-state index in [1.807, 2.05) is 42.5 Å². The molecule has 0 amide bonds. The van der Waals surface area contributed by atoms with Crippen molar-refractivity contribution in [2.24, 2.45) is 0 Å².